The minimum absolute atomic E-state index is 0.0214. The Labute approximate surface area is 224 Å². The third-order valence-electron chi connectivity index (χ3n) is 8.07. The highest BCUT2D eigenvalue weighted by molar-refractivity contribution is 5.85. The number of allylic oxidation sites excluding steroid dienone is 2. The fraction of sp³-hybridized carbons (Fsp3) is 0.364. The van der Waals surface area contributed by atoms with E-state index in [-0.39, 0.29) is 11.2 Å². The number of carboxylic acid groups (broad SMARTS) is 1. The zero-order valence-electron chi connectivity index (χ0n) is 22.4. The van der Waals surface area contributed by atoms with Crippen molar-refractivity contribution in [1.29, 1.82) is 0 Å². The average Bonchev–Trinajstić information content (AvgIpc) is 3.12. The van der Waals surface area contributed by atoms with E-state index in [1.165, 1.54) is 11.6 Å². The van der Waals surface area contributed by atoms with Crippen molar-refractivity contribution in [3.63, 3.8) is 0 Å². The van der Waals surface area contributed by atoms with Gasteiger partial charge in [0.2, 0.25) is 0 Å². The summed E-state index contributed by atoms with van der Waals surface area (Å²) in [4.78, 5) is 11.9. The Hall–Kier alpha value is -3.60. The lowest BCUT2D eigenvalue weighted by molar-refractivity contribution is -0.139. The van der Waals surface area contributed by atoms with Crippen LogP contribution in [0.15, 0.2) is 60.7 Å². The summed E-state index contributed by atoms with van der Waals surface area (Å²) < 4.78 is 26.6. The second kappa shape index (κ2) is 10.6. The van der Waals surface area contributed by atoms with E-state index in [1.807, 2.05) is 30.3 Å². The van der Waals surface area contributed by atoms with Gasteiger partial charge in [0.15, 0.2) is 0 Å². The van der Waals surface area contributed by atoms with Gasteiger partial charge in [0.05, 0.1) is 13.0 Å². The van der Waals surface area contributed by atoms with E-state index in [4.69, 9.17) is 9.47 Å². The van der Waals surface area contributed by atoms with Gasteiger partial charge in [-0.15, -0.1) is 0 Å². The molecule has 3 aromatic carbocycles. The normalized spacial score (nSPS) is 18.3. The third kappa shape index (κ3) is 5.20. The van der Waals surface area contributed by atoms with E-state index in [0.717, 1.165) is 59.9 Å². The summed E-state index contributed by atoms with van der Waals surface area (Å²) in [5.74, 6) is -0.270. The van der Waals surface area contributed by atoms with E-state index >= 15 is 4.39 Å². The first-order chi connectivity index (χ1) is 18.3. The summed E-state index contributed by atoms with van der Waals surface area (Å²) in [5.41, 5.74) is 6.49. The molecule has 198 valence electrons. The van der Waals surface area contributed by atoms with Crippen molar-refractivity contribution >= 4 is 11.5 Å². The second-order valence-corrected chi connectivity index (χ2v) is 11.1. The number of ether oxygens (including phenoxy) is 2. The summed E-state index contributed by atoms with van der Waals surface area (Å²) in [5, 5.41) is 9.78. The number of fused-ring (bicyclic) bond motifs is 1. The predicted molar refractivity (Wildman–Crippen MR) is 148 cm³/mol. The van der Waals surface area contributed by atoms with Crippen molar-refractivity contribution in [2.45, 2.75) is 64.9 Å². The largest absolute Gasteiger partial charge is 0.497 e. The van der Waals surface area contributed by atoms with Crippen LogP contribution in [0.1, 0.15) is 74.1 Å². The average molecular weight is 515 g/mol. The number of halogens is 1. The van der Waals surface area contributed by atoms with Crippen LogP contribution in [-0.2, 0) is 17.8 Å². The summed E-state index contributed by atoms with van der Waals surface area (Å²) in [6.45, 7) is 4.79. The Morgan fingerprint density at radius 2 is 1.82 bits per heavy atom. The first-order valence-corrected chi connectivity index (χ1v) is 13.4. The second-order valence-electron chi connectivity index (χ2n) is 11.1. The van der Waals surface area contributed by atoms with Crippen molar-refractivity contribution in [3.05, 3.63) is 88.7 Å². The molecule has 0 spiro atoms. The van der Waals surface area contributed by atoms with Crippen LogP contribution in [0.25, 0.3) is 16.7 Å². The lowest BCUT2D eigenvalue weighted by Gasteiger charge is -2.25. The fourth-order valence-corrected chi connectivity index (χ4v) is 5.90. The number of benzene rings is 3. The first kappa shape index (κ1) is 26.0. The van der Waals surface area contributed by atoms with E-state index in [1.54, 1.807) is 19.2 Å². The topological polar surface area (TPSA) is 55.8 Å². The van der Waals surface area contributed by atoms with Crippen LogP contribution in [0.3, 0.4) is 0 Å². The molecule has 38 heavy (non-hydrogen) atoms. The molecule has 2 aliphatic carbocycles. The minimum Gasteiger partial charge on any atom is -0.497 e. The van der Waals surface area contributed by atoms with Crippen LogP contribution in [0.2, 0.25) is 0 Å². The number of hydrogen-bond acceptors (Lipinski definition) is 3. The highest BCUT2D eigenvalue weighted by Crippen LogP contribution is 2.47. The molecule has 5 heteroatoms. The van der Waals surface area contributed by atoms with Crippen molar-refractivity contribution in [1.82, 2.24) is 0 Å². The minimum atomic E-state index is -0.775. The van der Waals surface area contributed by atoms with Gasteiger partial charge in [0.1, 0.15) is 23.9 Å². The Morgan fingerprint density at radius 1 is 1.00 bits per heavy atom. The van der Waals surface area contributed by atoms with Gasteiger partial charge in [-0.25, -0.2) is 4.39 Å². The van der Waals surface area contributed by atoms with Gasteiger partial charge in [0.25, 0.3) is 0 Å². The molecule has 0 saturated carbocycles. The molecule has 1 N–H and O–H groups in total. The van der Waals surface area contributed by atoms with Crippen LogP contribution in [0.4, 0.5) is 4.39 Å². The molecule has 5 rings (SSSR count). The SMILES string of the molecule is COc1ccc(F)c(-c2ccc(COc3ccc4c(c3)C(C(=O)O)CCCC4)cc2C2=CCCC2(C)C)c1. The first-order valence-electron chi connectivity index (χ1n) is 13.4. The van der Waals surface area contributed by atoms with Crippen LogP contribution in [-0.4, -0.2) is 18.2 Å². The van der Waals surface area contributed by atoms with Crippen molar-refractivity contribution in [2.75, 3.05) is 7.11 Å². The number of hydrogen-bond donors (Lipinski definition) is 1. The van der Waals surface area contributed by atoms with Crippen molar-refractivity contribution in [3.8, 4) is 22.6 Å². The number of methoxy groups -OCH3 is 1. The quantitative estimate of drug-likeness (QED) is 0.323. The monoisotopic (exact) mass is 514 g/mol. The van der Waals surface area contributed by atoms with Crippen molar-refractivity contribution < 1.29 is 23.8 Å². The summed E-state index contributed by atoms with van der Waals surface area (Å²) in [7, 11) is 1.59. The molecular weight excluding hydrogens is 479 g/mol. The molecule has 3 aromatic rings. The molecule has 0 saturated heterocycles. The lowest BCUT2D eigenvalue weighted by atomic mass is 9.79. The Kier molecular flexibility index (Phi) is 7.29. The van der Waals surface area contributed by atoms with Crippen LogP contribution in [0.5, 0.6) is 11.5 Å². The number of carbonyl (C=O) groups is 1. The number of carboxylic acids is 1. The summed E-state index contributed by atoms with van der Waals surface area (Å²) in [6.07, 6.45) is 7.77. The zero-order valence-corrected chi connectivity index (χ0v) is 22.4. The standard InChI is InChI=1S/C33H35FO4/c1-33(2)16-6-9-30(33)28-17-21(10-14-25(28)29-18-23(37-3)13-15-31(29)34)20-38-24-12-11-22-7-4-5-8-26(32(35)36)27(22)19-24/h9-15,17-19,26H,4-8,16,20H2,1-3H3,(H,35,36). The van der Waals surface area contributed by atoms with Crippen LogP contribution in [0, 0.1) is 11.2 Å². The molecule has 0 fully saturated rings. The smallest absolute Gasteiger partial charge is 0.310 e. The van der Waals surface area contributed by atoms with Crippen molar-refractivity contribution in [2.24, 2.45) is 5.41 Å². The lowest BCUT2D eigenvalue weighted by Crippen LogP contribution is -2.12. The molecule has 0 aromatic heterocycles. The maximum absolute atomic E-state index is 15.0. The molecule has 0 aliphatic heterocycles. The van der Waals surface area contributed by atoms with Gasteiger partial charge < -0.3 is 14.6 Å². The van der Waals surface area contributed by atoms with E-state index in [0.29, 0.717) is 30.1 Å². The zero-order chi connectivity index (χ0) is 26.9. The highest BCUT2D eigenvalue weighted by atomic mass is 19.1. The Bertz CT molecular complexity index is 1390. The van der Waals surface area contributed by atoms with Gasteiger partial charge in [-0.2, -0.15) is 0 Å². The number of rotatable bonds is 7. The molecule has 0 bridgehead atoms. The highest BCUT2D eigenvalue weighted by Gasteiger charge is 2.30. The van der Waals surface area contributed by atoms with E-state index < -0.39 is 11.9 Å². The van der Waals surface area contributed by atoms with Gasteiger partial charge >= 0.3 is 5.97 Å². The third-order valence-corrected chi connectivity index (χ3v) is 8.07. The van der Waals surface area contributed by atoms with Gasteiger partial charge in [-0.3, -0.25) is 4.79 Å². The Balaban J connectivity index is 1.48. The summed E-state index contributed by atoms with van der Waals surface area (Å²) >= 11 is 0. The molecular formula is C33H35FO4. The molecule has 0 amide bonds. The summed E-state index contributed by atoms with van der Waals surface area (Å²) in [6, 6.07) is 16.7. The van der Waals surface area contributed by atoms with E-state index in [2.05, 4.69) is 26.0 Å². The predicted octanol–water partition coefficient (Wildman–Crippen LogP) is 8.18. The molecule has 2 aliphatic rings. The molecule has 1 atom stereocenters. The van der Waals surface area contributed by atoms with Crippen LogP contribution >= 0.6 is 0 Å². The van der Waals surface area contributed by atoms with Gasteiger partial charge in [-0.1, -0.05) is 44.5 Å². The fourth-order valence-electron chi connectivity index (χ4n) is 5.90. The van der Waals surface area contributed by atoms with Gasteiger partial charge in [0, 0.05) is 5.56 Å². The number of aliphatic carboxylic acids is 1. The van der Waals surface area contributed by atoms with Gasteiger partial charge in [-0.05, 0) is 107 Å². The molecule has 0 radical (unpaired) electrons. The molecule has 1 unspecified atom stereocenters. The molecule has 4 nitrogen and oxygen atoms in total. The maximum Gasteiger partial charge on any atom is 0.310 e. The maximum atomic E-state index is 15.0. The van der Waals surface area contributed by atoms with E-state index in [9.17, 15) is 9.90 Å². The Morgan fingerprint density at radius 3 is 2.55 bits per heavy atom. The van der Waals surface area contributed by atoms with Crippen LogP contribution < -0.4 is 9.47 Å². The molecule has 0 heterocycles. The number of aryl methyl sites for hydroxylation is 1.